The van der Waals surface area contributed by atoms with Crippen molar-refractivity contribution in [3.63, 3.8) is 0 Å². The molecule has 0 unspecified atom stereocenters. The fraction of sp³-hybridized carbons (Fsp3) is 0.143. The largest absolute Gasteiger partial charge is 0.411 e. The molecule has 7 nitrogen and oxygen atoms in total. The smallest absolute Gasteiger partial charge is 0.277 e. The minimum absolute atomic E-state index is 0.454. The standard InChI is InChI=1S/C21H17N5O2S/c1-2-13-7-9-14(10-8-13)19-23-18(28-26-19)12-29-21-25-24-20(27-21)16-11-22-17-6-4-3-5-15(16)17/h3-11,22H,2,12H2,1H3. The van der Waals surface area contributed by atoms with E-state index in [1.54, 1.807) is 0 Å². The SMILES string of the molecule is CCc1ccc(-c2noc(CSc3nnc(-c4c[nH]c5ccccc45)o3)n2)cc1. The summed E-state index contributed by atoms with van der Waals surface area (Å²) in [5.41, 5.74) is 4.12. The second-order valence-corrected chi connectivity index (χ2v) is 7.40. The lowest BCUT2D eigenvalue weighted by Gasteiger charge is -1.97. The normalized spacial score (nSPS) is 11.3. The molecule has 0 aliphatic rings. The highest BCUT2D eigenvalue weighted by molar-refractivity contribution is 7.98. The van der Waals surface area contributed by atoms with Gasteiger partial charge < -0.3 is 13.9 Å². The molecule has 144 valence electrons. The van der Waals surface area contributed by atoms with Gasteiger partial charge in [-0.05, 0) is 18.1 Å². The van der Waals surface area contributed by atoms with Crippen molar-refractivity contribution in [2.24, 2.45) is 0 Å². The van der Waals surface area contributed by atoms with Gasteiger partial charge >= 0.3 is 0 Å². The van der Waals surface area contributed by atoms with Crippen molar-refractivity contribution in [1.82, 2.24) is 25.3 Å². The Labute approximate surface area is 170 Å². The highest BCUT2D eigenvalue weighted by atomic mass is 32.2. The van der Waals surface area contributed by atoms with E-state index in [1.165, 1.54) is 17.3 Å². The summed E-state index contributed by atoms with van der Waals surface area (Å²) in [6.07, 6.45) is 2.87. The molecule has 0 atom stereocenters. The maximum Gasteiger partial charge on any atom is 0.277 e. The van der Waals surface area contributed by atoms with Gasteiger partial charge in [-0.15, -0.1) is 10.2 Å². The molecular formula is C21H17N5O2S. The van der Waals surface area contributed by atoms with Crippen molar-refractivity contribution in [2.75, 3.05) is 0 Å². The maximum atomic E-state index is 5.81. The van der Waals surface area contributed by atoms with Crippen molar-refractivity contribution < 1.29 is 8.94 Å². The summed E-state index contributed by atoms with van der Waals surface area (Å²) in [6.45, 7) is 2.13. The first-order chi connectivity index (χ1) is 14.3. The first-order valence-corrected chi connectivity index (χ1v) is 10.2. The van der Waals surface area contributed by atoms with E-state index in [2.05, 4.69) is 44.4 Å². The number of aryl methyl sites for hydroxylation is 1. The molecule has 5 aromatic rings. The number of fused-ring (bicyclic) bond motifs is 1. The van der Waals surface area contributed by atoms with E-state index in [0.29, 0.717) is 28.6 Å². The van der Waals surface area contributed by atoms with Crippen LogP contribution in [0.3, 0.4) is 0 Å². The van der Waals surface area contributed by atoms with Crippen LogP contribution in [0.1, 0.15) is 18.4 Å². The summed E-state index contributed by atoms with van der Waals surface area (Å²) in [4.78, 5) is 7.67. The minimum atomic E-state index is 0.454. The Morgan fingerprint density at radius 1 is 1.03 bits per heavy atom. The molecule has 8 heteroatoms. The summed E-state index contributed by atoms with van der Waals surface area (Å²) in [5, 5.41) is 13.9. The number of aromatic amines is 1. The first kappa shape index (κ1) is 17.7. The molecule has 0 aliphatic heterocycles. The zero-order valence-electron chi connectivity index (χ0n) is 15.6. The average molecular weight is 403 g/mol. The first-order valence-electron chi connectivity index (χ1n) is 9.25. The molecule has 3 aromatic heterocycles. The van der Waals surface area contributed by atoms with Gasteiger partial charge in [0.05, 0.1) is 11.3 Å². The van der Waals surface area contributed by atoms with Crippen LogP contribution in [-0.4, -0.2) is 25.3 Å². The topological polar surface area (TPSA) is 93.6 Å². The zero-order chi connectivity index (χ0) is 19.6. The van der Waals surface area contributed by atoms with Crippen LogP contribution in [0.25, 0.3) is 33.7 Å². The number of aromatic nitrogens is 5. The van der Waals surface area contributed by atoms with E-state index in [-0.39, 0.29) is 0 Å². The van der Waals surface area contributed by atoms with Crippen LogP contribution in [0.4, 0.5) is 0 Å². The van der Waals surface area contributed by atoms with Crippen LogP contribution in [0.2, 0.25) is 0 Å². The third kappa shape index (κ3) is 3.54. The lowest BCUT2D eigenvalue weighted by Crippen LogP contribution is -1.84. The van der Waals surface area contributed by atoms with E-state index in [1.807, 2.05) is 42.6 Å². The molecule has 0 fully saturated rings. The van der Waals surface area contributed by atoms with Gasteiger partial charge in [-0.25, -0.2) is 0 Å². The molecule has 0 aliphatic carbocycles. The molecule has 0 amide bonds. The summed E-state index contributed by atoms with van der Waals surface area (Å²) in [6, 6.07) is 16.1. The third-order valence-corrected chi connectivity index (χ3v) is 5.44. The van der Waals surface area contributed by atoms with E-state index in [4.69, 9.17) is 8.94 Å². The summed E-state index contributed by atoms with van der Waals surface area (Å²) >= 11 is 1.36. The second kappa shape index (κ2) is 7.56. The van der Waals surface area contributed by atoms with Gasteiger partial charge in [0.1, 0.15) is 0 Å². The summed E-state index contributed by atoms with van der Waals surface area (Å²) < 4.78 is 11.2. The molecule has 5 rings (SSSR count). The van der Waals surface area contributed by atoms with Crippen LogP contribution in [-0.2, 0) is 12.2 Å². The maximum absolute atomic E-state index is 5.81. The number of hydrogen-bond acceptors (Lipinski definition) is 7. The number of nitrogens with one attached hydrogen (secondary N) is 1. The molecule has 3 heterocycles. The van der Waals surface area contributed by atoms with Crippen LogP contribution < -0.4 is 0 Å². The Bertz CT molecular complexity index is 1260. The van der Waals surface area contributed by atoms with Gasteiger partial charge in [0, 0.05) is 22.7 Å². The Morgan fingerprint density at radius 3 is 2.76 bits per heavy atom. The molecule has 0 saturated carbocycles. The number of hydrogen-bond donors (Lipinski definition) is 1. The Balaban J connectivity index is 1.28. The molecular weight excluding hydrogens is 386 g/mol. The highest BCUT2D eigenvalue weighted by Crippen LogP contribution is 2.30. The average Bonchev–Trinajstić information content (AvgIpc) is 3.51. The number of thioether (sulfide) groups is 1. The van der Waals surface area contributed by atoms with Crippen molar-refractivity contribution >= 4 is 22.7 Å². The van der Waals surface area contributed by atoms with E-state index in [0.717, 1.165) is 28.5 Å². The fourth-order valence-electron chi connectivity index (χ4n) is 3.07. The molecule has 0 bridgehead atoms. The second-order valence-electron chi connectivity index (χ2n) is 6.47. The van der Waals surface area contributed by atoms with Crippen molar-refractivity contribution in [2.45, 2.75) is 24.3 Å². The van der Waals surface area contributed by atoms with Crippen LogP contribution in [0.15, 0.2) is 68.9 Å². The fourth-order valence-corrected chi connectivity index (χ4v) is 3.67. The number of benzene rings is 2. The third-order valence-electron chi connectivity index (χ3n) is 4.63. The Hall–Kier alpha value is -3.39. The summed E-state index contributed by atoms with van der Waals surface area (Å²) in [7, 11) is 0. The quantitative estimate of drug-likeness (QED) is 0.393. The number of para-hydroxylation sites is 1. The number of nitrogens with zero attached hydrogens (tertiary/aromatic N) is 4. The highest BCUT2D eigenvalue weighted by Gasteiger charge is 2.15. The van der Waals surface area contributed by atoms with Crippen molar-refractivity contribution in [3.05, 3.63) is 66.2 Å². The molecule has 0 radical (unpaired) electrons. The van der Waals surface area contributed by atoms with Crippen LogP contribution >= 0.6 is 11.8 Å². The van der Waals surface area contributed by atoms with E-state index < -0.39 is 0 Å². The number of H-pyrrole nitrogens is 1. The van der Waals surface area contributed by atoms with Crippen LogP contribution in [0, 0.1) is 0 Å². The van der Waals surface area contributed by atoms with E-state index in [9.17, 15) is 0 Å². The van der Waals surface area contributed by atoms with Gasteiger partial charge in [0.15, 0.2) is 0 Å². The Morgan fingerprint density at radius 2 is 1.90 bits per heavy atom. The van der Waals surface area contributed by atoms with Crippen LogP contribution in [0.5, 0.6) is 0 Å². The van der Waals surface area contributed by atoms with Gasteiger partial charge in [0.2, 0.25) is 11.7 Å². The molecule has 2 aromatic carbocycles. The lowest BCUT2D eigenvalue weighted by molar-refractivity contribution is 0.391. The summed E-state index contributed by atoms with van der Waals surface area (Å²) in [5.74, 6) is 2.02. The predicted octanol–water partition coefficient (Wildman–Crippen LogP) is 5.12. The van der Waals surface area contributed by atoms with Gasteiger partial charge in [-0.2, -0.15) is 4.98 Å². The number of rotatable bonds is 6. The zero-order valence-corrected chi connectivity index (χ0v) is 16.4. The van der Waals surface area contributed by atoms with E-state index >= 15 is 0 Å². The Kier molecular flexibility index (Phi) is 4.61. The van der Waals surface area contributed by atoms with Crippen molar-refractivity contribution in [1.29, 1.82) is 0 Å². The van der Waals surface area contributed by atoms with Crippen molar-refractivity contribution in [3.8, 4) is 22.8 Å². The molecule has 1 N–H and O–H groups in total. The van der Waals surface area contributed by atoms with Gasteiger partial charge in [-0.3, -0.25) is 0 Å². The minimum Gasteiger partial charge on any atom is -0.411 e. The molecule has 0 saturated heterocycles. The van der Waals surface area contributed by atoms with Gasteiger partial charge in [0.25, 0.3) is 11.1 Å². The molecule has 29 heavy (non-hydrogen) atoms. The predicted molar refractivity (Wildman–Crippen MR) is 110 cm³/mol. The lowest BCUT2D eigenvalue weighted by atomic mass is 10.1. The van der Waals surface area contributed by atoms with Gasteiger partial charge in [-0.1, -0.05) is 66.3 Å². The molecule has 0 spiro atoms. The monoisotopic (exact) mass is 403 g/mol.